The summed E-state index contributed by atoms with van der Waals surface area (Å²) in [6.07, 6.45) is 4.80. The topological polar surface area (TPSA) is 54.9 Å². The van der Waals surface area contributed by atoms with E-state index in [-0.39, 0.29) is 11.6 Å². The first-order valence-electron chi connectivity index (χ1n) is 8.38. The Morgan fingerprint density at radius 1 is 1.29 bits per heavy atom. The third kappa shape index (κ3) is 4.84. The van der Waals surface area contributed by atoms with Gasteiger partial charge in [0.05, 0.1) is 7.11 Å². The molecule has 1 saturated carbocycles. The summed E-state index contributed by atoms with van der Waals surface area (Å²) in [5.74, 6) is 0.633. The Kier molecular flexibility index (Phi) is 6.85. The molecule has 0 spiro atoms. The van der Waals surface area contributed by atoms with Crippen LogP contribution in [0.1, 0.15) is 31.2 Å². The van der Waals surface area contributed by atoms with Crippen molar-refractivity contribution < 1.29 is 13.9 Å². The van der Waals surface area contributed by atoms with E-state index in [1.165, 1.54) is 32.4 Å². The molecule has 1 aromatic rings. The number of methoxy groups -OCH3 is 2. The van der Waals surface area contributed by atoms with Crippen molar-refractivity contribution in [3.05, 3.63) is 29.6 Å². The molecule has 1 aliphatic rings. The summed E-state index contributed by atoms with van der Waals surface area (Å²) < 4.78 is 23.9. The van der Waals surface area contributed by atoms with Crippen LogP contribution in [0.2, 0.25) is 0 Å². The number of ether oxygens (including phenoxy) is 2. The second-order valence-corrected chi connectivity index (χ2v) is 6.34. The summed E-state index contributed by atoms with van der Waals surface area (Å²) in [5.41, 5.74) is 1.16. The molecule has 1 aliphatic carbocycles. The van der Waals surface area contributed by atoms with Crippen LogP contribution in [-0.4, -0.2) is 40.4 Å². The molecule has 0 aromatic heterocycles. The van der Waals surface area contributed by atoms with E-state index >= 15 is 0 Å². The van der Waals surface area contributed by atoms with Gasteiger partial charge in [0, 0.05) is 33.9 Å². The van der Waals surface area contributed by atoms with E-state index in [9.17, 15) is 4.39 Å². The minimum atomic E-state index is -0.354. The van der Waals surface area contributed by atoms with Gasteiger partial charge in [-0.15, -0.1) is 0 Å². The van der Waals surface area contributed by atoms with Crippen LogP contribution in [0.25, 0.3) is 0 Å². The average Bonchev–Trinajstić information content (AvgIpc) is 2.56. The molecule has 2 rings (SSSR count). The lowest BCUT2D eigenvalue weighted by molar-refractivity contribution is 0.0732. The van der Waals surface area contributed by atoms with Crippen LogP contribution in [0.5, 0.6) is 5.75 Å². The summed E-state index contributed by atoms with van der Waals surface area (Å²) in [7, 11) is 4.95. The van der Waals surface area contributed by atoms with Gasteiger partial charge in [0.1, 0.15) is 0 Å². The van der Waals surface area contributed by atoms with Gasteiger partial charge in [-0.1, -0.05) is 12.5 Å². The summed E-state index contributed by atoms with van der Waals surface area (Å²) in [6.45, 7) is 2.18. The highest BCUT2D eigenvalue weighted by Gasteiger charge is 2.36. The van der Waals surface area contributed by atoms with Crippen molar-refractivity contribution in [3.63, 3.8) is 0 Å². The molecule has 0 atom stereocenters. The number of guanidine groups is 1. The molecule has 1 fully saturated rings. The number of hydrogen-bond donors (Lipinski definition) is 2. The molecular formula is C18H28FN3O2. The predicted octanol–water partition coefficient (Wildman–Crippen LogP) is 2.71. The zero-order valence-electron chi connectivity index (χ0n) is 14.8. The largest absolute Gasteiger partial charge is 0.494 e. The lowest BCUT2D eigenvalue weighted by Gasteiger charge is -2.42. The summed E-state index contributed by atoms with van der Waals surface area (Å²) >= 11 is 0. The van der Waals surface area contributed by atoms with Gasteiger partial charge in [-0.05, 0) is 42.4 Å². The molecule has 1 aromatic carbocycles. The Morgan fingerprint density at radius 2 is 2.08 bits per heavy atom. The van der Waals surface area contributed by atoms with Crippen molar-refractivity contribution in [2.24, 2.45) is 10.4 Å². The lowest BCUT2D eigenvalue weighted by Crippen LogP contribution is -2.46. The van der Waals surface area contributed by atoms with Crippen LogP contribution in [0.3, 0.4) is 0 Å². The molecule has 0 radical (unpaired) electrons. The van der Waals surface area contributed by atoms with E-state index in [0.29, 0.717) is 12.0 Å². The van der Waals surface area contributed by atoms with Crippen molar-refractivity contribution in [3.8, 4) is 5.75 Å². The van der Waals surface area contributed by atoms with Gasteiger partial charge in [-0.3, -0.25) is 4.99 Å². The number of nitrogens with one attached hydrogen (secondary N) is 2. The van der Waals surface area contributed by atoms with Gasteiger partial charge in [0.2, 0.25) is 0 Å². The lowest BCUT2D eigenvalue weighted by atomic mass is 9.67. The van der Waals surface area contributed by atoms with Crippen molar-refractivity contribution in [1.82, 2.24) is 10.6 Å². The smallest absolute Gasteiger partial charge is 0.191 e. The molecular weight excluding hydrogens is 309 g/mol. The Bertz CT molecular complexity index is 559. The summed E-state index contributed by atoms with van der Waals surface area (Å²) in [5, 5.41) is 6.62. The maximum Gasteiger partial charge on any atom is 0.191 e. The number of benzene rings is 1. The van der Waals surface area contributed by atoms with Crippen LogP contribution in [-0.2, 0) is 11.3 Å². The highest BCUT2D eigenvalue weighted by molar-refractivity contribution is 5.79. The van der Waals surface area contributed by atoms with Crippen LogP contribution < -0.4 is 15.4 Å². The highest BCUT2D eigenvalue weighted by Crippen LogP contribution is 2.43. The third-order valence-electron chi connectivity index (χ3n) is 4.78. The van der Waals surface area contributed by atoms with Crippen molar-refractivity contribution in [2.75, 3.05) is 34.4 Å². The third-order valence-corrected chi connectivity index (χ3v) is 4.78. The second-order valence-electron chi connectivity index (χ2n) is 6.34. The quantitative estimate of drug-likeness (QED) is 0.566. The van der Waals surface area contributed by atoms with E-state index in [1.807, 2.05) is 6.07 Å². The normalized spacial score (nSPS) is 16.4. The number of hydrogen-bond acceptors (Lipinski definition) is 3. The fourth-order valence-corrected chi connectivity index (χ4v) is 3.01. The Hall–Kier alpha value is -1.82. The standard InChI is InChI=1S/C18H28FN3O2/c1-20-17(22-13-18(7-4-8-18)9-10-23-2)21-12-14-5-6-16(24-3)15(19)11-14/h5-6,11H,4,7-10,12-13H2,1-3H3,(H2,20,21,22). The Labute approximate surface area is 143 Å². The van der Waals surface area contributed by atoms with Crippen molar-refractivity contribution >= 4 is 5.96 Å². The van der Waals surface area contributed by atoms with E-state index in [4.69, 9.17) is 9.47 Å². The molecule has 0 aliphatic heterocycles. The molecule has 0 amide bonds. The minimum Gasteiger partial charge on any atom is -0.494 e. The molecule has 0 bridgehead atoms. The van der Waals surface area contributed by atoms with Gasteiger partial charge in [0.25, 0.3) is 0 Å². The van der Waals surface area contributed by atoms with Crippen LogP contribution in [0.15, 0.2) is 23.2 Å². The number of halogens is 1. The fraction of sp³-hybridized carbons (Fsp3) is 0.611. The molecule has 0 saturated heterocycles. The average molecular weight is 337 g/mol. The molecule has 6 heteroatoms. The van der Waals surface area contributed by atoms with E-state index in [0.717, 1.165) is 31.1 Å². The second kappa shape index (κ2) is 8.87. The highest BCUT2D eigenvalue weighted by atomic mass is 19.1. The zero-order valence-corrected chi connectivity index (χ0v) is 14.8. The van der Waals surface area contributed by atoms with Gasteiger partial charge >= 0.3 is 0 Å². The maximum atomic E-state index is 13.7. The first-order valence-corrected chi connectivity index (χ1v) is 8.38. The molecule has 5 nitrogen and oxygen atoms in total. The van der Waals surface area contributed by atoms with E-state index in [1.54, 1.807) is 20.2 Å². The van der Waals surface area contributed by atoms with Crippen LogP contribution in [0.4, 0.5) is 4.39 Å². The number of nitrogens with zero attached hydrogens (tertiary/aromatic N) is 1. The van der Waals surface area contributed by atoms with Gasteiger partial charge in [0.15, 0.2) is 17.5 Å². The van der Waals surface area contributed by atoms with E-state index in [2.05, 4.69) is 15.6 Å². The molecule has 0 unspecified atom stereocenters. The van der Waals surface area contributed by atoms with Gasteiger partial charge < -0.3 is 20.1 Å². The molecule has 2 N–H and O–H groups in total. The molecule has 0 heterocycles. The summed E-state index contributed by atoms with van der Waals surface area (Å²) in [6, 6.07) is 4.95. The molecule has 24 heavy (non-hydrogen) atoms. The van der Waals surface area contributed by atoms with E-state index < -0.39 is 0 Å². The Balaban J connectivity index is 1.83. The Morgan fingerprint density at radius 3 is 2.62 bits per heavy atom. The zero-order chi connectivity index (χ0) is 17.4. The van der Waals surface area contributed by atoms with Crippen LogP contribution in [0, 0.1) is 11.2 Å². The van der Waals surface area contributed by atoms with Crippen molar-refractivity contribution in [2.45, 2.75) is 32.2 Å². The predicted molar refractivity (Wildman–Crippen MR) is 93.9 cm³/mol. The fourth-order valence-electron chi connectivity index (χ4n) is 3.01. The maximum absolute atomic E-state index is 13.7. The van der Waals surface area contributed by atoms with Crippen molar-refractivity contribution in [1.29, 1.82) is 0 Å². The monoisotopic (exact) mass is 337 g/mol. The van der Waals surface area contributed by atoms with Gasteiger partial charge in [-0.25, -0.2) is 4.39 Å². The first-order chi connectivity index (χ1) is 11.6. The minimum absolute atomic E-state index is 0.256. The number of rotatable bonds is 8. The van der Waals surface area contributed by atoms with Crippen LogP contribution >= 0.6 is 0 Å². The first kappa shape index (κ1) is 18.5. The summed E-state index contributed by atoms with van der Waals surface area (Å²) in [4.78, 5) is 4.25. The van der Waals surface area contributed by atoms with Gasteiger partial charge in [-0.2, -0.15) is 0 Å². The SMILES string of the molecule is CN=C(NCc1ccc(OC)c(F)c1)NCC1(CCOC)CCC1. The number of aliphatic imine (C=N–C) groups is 1. The molecule has 134 valence electrons.